The first kappa shape index (κ1) is 20.2. The summed E-state index contributed by atoms with van der Waals surface area (Å²) in [7, 11) is 0. The van der Waals surface area contributed by atoms with Gasteiger partial charge >= 0.3 is 0 Å². The van der Waals surface area contributed by atoms with Gasteiger partial charge in [0.05, 0.1) is 12.1 Å². The molecule has 0 atom stereocenters. The molecule has 1 aromatic rings. The average Bonchev–Trinajstić information content (AvgIpc) is 2.51. The van der Waals surface area contributed by atoms with E-state index in [-0.39, 0.29) is 24.0 Å². The largest absolute Gasteiger partial charge is 0.388 e. The van der Waals surface area contributed by atoms with E-state index in [4.69, 9.17) is 4.74 Å². The van der Waals surface area contributed by atoms with Crippen molar-refractivity contribution in [1.29, 1.82) is 0 Å². The van der Waals surface area contributed by atoms with Gasteiger partial charge in [-0.15, -0.1) is 24.0 Å². The zero-order chi connectivity index (χ0) is 15.8. The maximum Gasteiger partial charge on any atom is 0.191 e. The molecule has 3 N–H and O–H groups in total. The molecule has 1 aromatic carbocycles. The molecule has 0 amide bonds. The molecular formula is C17H28IN3O2. The summed E-state index contributed by atoms with van der Waals surface area (Å²) in [6.07, 6.45) is 1.33. The van der Waals surface area contributed by atoms with Crippen LogP contribution in [0, 0.1) is 6.92 Å². The molecular weight excluding hydrogens is 405 g/mol. The summed E-state index contributed by atoms with van der Waals surface area (Å²) in [4.78, 5) is 4.59. The Morgan fingerprint density at radius 3 is 2.70 bits per heavy atom. The summed E-state index contributed by atoms with van der Waals surface area (Å²) in [5.41, 5.74) is 1.72. The number of nitrogens with one attached hydrogen (secondary N) is 2. The highest BCUT2D eigenvalue weighted by molar-refractivity contribution is 14.0. The number of hydrogen-bond donors (Lipinski definition) is 3. The van der Waals surface area contributed by atoms with Crippen molar-refractivity contribution >= 4 is 29.9 Å². The van der Waals surface area contributed by atoms with E-state index in [0.29, 0.717) is 39.1 Å². The molecule has 0 aliphatic carbocycles. The van der Waals surface area contributed by atoms with Crippen molar-refractivity contribution in [2.45, 2.75) is 38.8 Å². The van der Waals surface area contributed by atoms with Gasteiger partial charge in [0.15, 0.2) is 5.96 Å². The van der Waals surface area contributed by atoms with Crippen LogP contribution in [0.5, 0.6) is 0 Å². The minimum absolute atomic E-state index is 0. The van der Waals surface area contributed by atoms with Gasteiger partial charge < -0.3 is 20.5 Å². The number of aliphatic imine (C=N–C) groups is 1. The van der Waals surface area contributed by atoms with Gasteiger partial charge in [-0.2, -0.15) is 0 Å². The van der Waals surface area contributed by atoms with Crippen LogP contribution in [0.25, 0.3) is 0 Å². The third-order valence-electron chi connectivity index (χ3n) is 3.85. The lowest BCUT2D eigenvalue weighted by Gasteiger charge is -2.32. The Bertz CT molecular complexity index is 502. The minimum Gasteiger partial charge on any atom is -0.388 e. The van der Waals surface area contributed by atoms with Crippen molar-refractivity contribution in [1.82, 2.24) is 10.6 Å². The SMILES string of the molecule is CCNC(=NCc1cccc(C)c1)NCC1(O)CCOCC1.I. The summed E-state index contributed by atoms with van der Waals surface area (Å²) in [6.45, 7) is 7.27. The lowest BCUT2D eigenvalue weighted by atomic mass is 9.94. The van der Waals surface area contributed by atoms with E-state index < -0.39 is 5.60 Å². The zero-order valence-electron chi connectivity index (χ0n) is 14.0. The van der Waals surface area contributed by atoms with Gasteiger partial charge in [-0.05, 0) is 19.4 Å². The van der Waals surface area contributed by atoms with Crippen LogP contribution in [0.2, 0.25) is 0 Å². The van der Waals surface area contributed by atoms with Gasteiger partial charge in [0, 0.05) is 39.1 Å². The first-order chi connectivity index (χ1) is 10.6. The van der Waals surface area contributed by atoms with Crippen LogP contribution in [-0.2, 0) is 11.3 Å². The molecule has 1 aliphatic rings. The van der Waals surface area contributed by atoms with Gasteiger partial charge in [0.2, 0.25) is 0 Å². The molecule has 1 saturated heterocycles. The van der Waals surface area contributed by atoms with Crippen LogP contribution in [0.15, 0.2) is 29.3 Å². The fourth-order valence-corrected chi connectivity index (χ4v) is 2.50. The number of rotatable bonds is 5. The van der Waals surface area contributed by atoms with Crippen LogP contribution in [0.1, 0.15) is 30.9 Å². The Morgan fingerprint density at radius 2 is 2.04 bits per heavy atom. The second kappa shape index (κ2) is 10.1. The Morgan fingerprint density at radius 1 is 1.30 bits per heavy atom. The molecule has 0 radical (unpaired) electrons. The Balaban J connectivity index is 0.00000264. The van der Waals surface area contributed by atoms with Gasteiger partial charge in [0.25, 0.3) is 0 Å². The molecule has 6 heteroatoms. The molecule has 130 valence electrons. The van der Waals surface area contributed by atoms with Crippen molar-refractivity contribution < 1.29 is 9.84 Å². The molecule has 0 spiro atoms. The average molecular weight is 433 g/mol. The van der Waals surface area contributed by atoms with Crippen LogP contribution in [0.3, 0.4) is 0 Å². The molecule has 1 heterocycles. The van der Waals surface area contributed by atoms with Gasteiger partial charge in [-0.3, -0.25) is 0 Å². The highest BCUT2D eigenvalue weighted by atomic mass is 127. The molecule has 1 fully saturated rings. The summed E-state index contributed by atoms with van der Waals surface area (Å²) in [6, 6.07) is 8.34. The second-order valence-electron chi connectivity index (χ2n) is 5.87. The van der Waals surface area contributed by atoms with Crippen LogP contribution in [0.4, 0.5) is 0 Å². The molecule has 0 bridgehead atoms. The van der Waals surface area contributed by atoms with Crippen LogP contribution in [-0.4, -0.2) is 43.0 Å². The lowest BCUT2D eigenvalue weighted by molar-refractivity contribution is -0.0594. The number of benzene rings is 1. The molecule has 0 unspecified atom stereocenters. The number of guanidine groups is 1. The number of aryl methyl sites for hydroxylation is 1. The van der Waals surface area contributed by atoms with E-state index in [9.17, 15) is 5.11 Å². The fourth-order valence-electron chi connectivity index (χ4n) is 2.50. The van der Waals surface area contributed by atoms with Crippen LogP contribution >= 0.6 is 24.0 Å². The normalized spacial score (nSPS) is 17.3. The number of halogens is 1. The van der Waals surface area contributed by atoms with Crippen molar-refractivity contribution in [3.05, 3.63) is 35.4 Å². The smallest absolute Gasteiger partial charge is 0.191 e. The molecule has 2 rings (SSSR count). The van der Waals surface area contributed by atoms with E-state index in [1.54, 1.807) is 0 Å². The Hall–Kier alpha value is -0.860. The quantitative estimate of drug-likeness (QED) is 0.379. The molecule has 0 saturated carbocycles. The molecule has 23 heavy (non-hydrogen) atoms. The third-order valence-corrected chi connectivity index (χ3v) is 3.85. The highest BCUT2D eigenvalue weighted by Gasteiger charge is 2.29. The predicted molar refractivity (Wildman–Crippen MR) is 104 cm³/mol. The van der Waals surface area contributed by atoms with E-state index in [1.807, 2.05) is 13.0 Å². The van der Waals surface area contributed by atoms with Crippen LogP contribution < -0.4 is 10.6 Å². The van der Waals surface area contributed by atoms with Gasteiger partial charge in [-0.1, -0.05) is 29.8 Å². The minimum atomic E-state index is -0.697. The first-order valence-corrected chi connectivity index (χ1v) is 7.99. The monoisotopic (exact) mass is 433 g/mol. The van der Waals surface area contributed by atoms with Crippen molar-refractivity contribution in [2.75, 3.05) is 26.3 Å². The molecule has 1 aliphatic heterocycles. The number of aliphatic hydroxyl groups is 1. The molecule has 0 aromatic heterocycles. The summed E-state index contributed by atoms with van der Waals surface area (Å²) < 4.78 is 5.30. The third kappa shape index (κ3) is 7.05. The highest BCUT2D eigenvalue weighted by Crippen LogP contribution is 2.19. The lowest BCUT2D eigenvalue weighted by Crippen LogP contribution is -2.49. The summed E-state index contributed by atoms with van der Waals surface area (Å²) in [5, 5.41) is 17.0. The predicted octanol–water partition coefficient (Wildman–Crippen LogP) is 2.21. The van der Waals surface area contributed by atoms with Crippen molar-refractivity contribution in [3.8, 4) is 0 Å². The second-order valence-corrected chi connectivity index (χ2v) is 5.87. The number of ether oxygens (including phenoxy) is 1. The Labute approximate surface area is 155 Å². The van der Waals surface area contributed by atoms with Gasteiger partial charge in [0.1, 0.15) is 0 Å². The topological polar surface area (TPSA) is 65.9 Å². The van der Waals surface area contributed by atoms with Crippen molar-refractivity contribution in [3.63, 3.8) is 0 Å². The van der Waals surface area contributed by atoms with E-state index in [1.165, 1.54) is 11.1 Å². The zero-order valence-corrected chi connectivity index (χ0v) is 16.3. The van der Waals surface area contributed by atoms with E-state index in [2.05, 4.69) is 40.7 Å². The van der Waals surface area contributed by atoms with E-state index in [0.717, 1.165) is 12.5 Å². The Kier molecular flexibility index (Phi) is 8.86. The maximum atomic E-state index is 10.5. The fraction of sp³-hybridized carbons (Fsp3) is 0.588. The maximum absolute atomic E-state index is 10.5. The van der Waals surface area contributed by atoms with E-state index >= 15 is 0 Å². The first-order valence-electron chi connectivity index (χ1n) is 7.99. The van der Waals surface area contributed by atoms with Crippen molar-refractivity contribution in [2.24, 2.45) is 4.99 Å². The molecule has 5 nitrogen and oxygen atoms in total. The standard InChI is InChI=1S/C17H27N3O2.HI/c1-3-18-16(19-12-15-6-4-5-14(2)11-15)20-13-17(21)7-9-22-10-8-17;/h4-6,11,21H,3,7-10,12-13H2,1-2H3,(H2,18,19,20);1H. The van der Waals surface area contributed by atoms with Gasteiger partial charge in [-0.25, -0.2) is 4.99 Å². The number of hydrogen-bond acceptors (Lipinski definition) is 3. The summed E-state index contributed by atoms with van der Waals surface area (Å²) >= 11 is 0. The summed E-state index contributed by atoms with van der Waals surface area (Å²) in [5.74, 6) is 0.740. The number of nitrogens with zero attached hydrogens (tertiary/aromatic N) is 1.